The van der Waals surface area contributed by atoms with Crippen molar-refractivity contribution in [2.24, 2.45) is 0 Å². The van der Waals surface area contributed by atoms with E-state index in [2.05, 4.69) is 0 Å². The standard InChI is InChI=1S/C11H11NO2.C11H13NO/c1-7(2)12-9-6-4-3-5-8(9)10(13)11(12)14;1-8(2)12-10-6-4-3-5-9(10)7-11(12)13/h3-7H,1-2H3;3-6,8H,7H2,1-2H3. The number of carbonyl (C=O) groups excluding carboxylic acids is 3. The molecule has 5 nitrogen and oxygen atoms in total. The first-order chi connectivity index (χ1) is 12.8. The third-order valence-corrected chi connectivity index (χ3v) is 4.72. The Morgan fingerprint density at radius 2 is 1.30 bits per heavy atom. The number of rotatable bonds is 2. The summed E-state index contributed by atoms with van der Waals surface area (Å²) in [7, 11) is 0. The first kappa shape index (κ1) is 18.8. The highest BCUT2D eigenvalue weighted by atomic mass is 16.2. The number of hydrogen-bond acceptors (Lipinski definition) is 3. The van der Waals surface area contributed by atoms with Gasteiger partial charge >= 0.3 is 0 Å². The van der Waals surface area contributed by atoms with Crippen molar-refractivity contribution in [3.8, 4) is 0 Å². The number of Topliss-reactive ketones (excluding diaryl/α,β-unsaturated/α-hetero) is 1. The fourth-order valence-corrected chi connectivity index (χ4v) is 3.57. The van der Waals surface area contributed by atoms with Crippen LogP contribution in [0.3, 0.4) is 0 Å². The fraction of sp³-hybridized carbons (Fsp3) is 0.318. The summed E-state index contributed by atoms with van der Waals surface area (Å²) in [6, 6.07) is 15.4. The molecule has 0 unspecified atom stereocenters. The molecule has 2 amide bonds. The van der Waals surface area contributed by atoms with Gasteiger partial charge in [-0.1, -0.05) is 30.3 Å². The maximum absolute atomic E-state index is 11.6. The molecule has 0 radical (unpaired) electrons. The van der Waals surface area contributed by atoms with Gasteiger partial charge in [0.1, 0.15) is 0 Å². The quantitative estimate of drug-likeness (QED) is 0.765. The average Bonchev–Trinajstić information content (AvgIpc) is 3.09. The summed E-state index contributed by atoms with van der Waals surface area (Å²) in [5.74, 6) is -0.591. The molecule has 0 N–H and O–H groups in total. The van der Waals surface area contributed by atoms with Crippen LogP contribution >= 0.6 is 0 Å². The minimum absolute atomic E-state index is 0.0232. The lowest BCUT2D eigenvalue weighted by Gasteiger charge is -2.21. The Labute approximate surface area is 159 Å². The molecule has 0 spiro atoms. The summed E-state index contributed by atoms with van der Waals surface area (Å²) in [5.41, 5.74) is 3.49. The SMILES string of the molecule is CC(C)N1C(=O)C(=O)c2ccccc21.CC(C)N1C(=O)Cc2ccccc21. The molecule has 2 aliphatic rings. The Morgan fingerprint density at radius 1 is 0.741 bits per heavy atom. The van der Waals surface area contributed by atoms with E-state index in [1.165, 1.54) is 4.90 Å². The highest BCUT2D eigenvalue weighted by Crippen LogP contribution is 2.30. The Bertz CT molecular complexity index is 902. The van der Waals surface area contributed by atoms with E-state index >= 15 is 0 Å². The average molecular weight is 364 g/mol. The van der Waals surface area contributed by atoms with Gasteiger partial charge in [-0.25, -0.2) is 0 Å². The number of nitrogens with zero attached hydrogens (tertiary/aromatic N) is 2. The van der Waals surface area contributed by atoms with Gasteiger partial charge in [0.05, 0.1) is 17.7 Å². The topological polar surface area (TPSA) is 57.7 Å². The van der Waals surface area contributed by atoms with E-state index in [0.717, 1.165) is 16.9 Å². The van der Waals surface area contributed by atoms with E-state index in [1.807, 2.05) is 62.9 Å². The van der Waals surface area contributed by atoms with Crippen LogP contribution in [0.5, 0.6) is 0 Å². The molecule has 0 fully saturated rings. The largest absolute Gasteiger partial charge is 0.309 e. The van der Waals surface area contributed by atoms with Crippen molar-refractivity contribution in [2.75, 3.05) is 9.80 Å². The summed E-state index contributed by atoms with van der Waals surface area (Å²) in [6.45, 7) is 7.88. The van der Waals surface area contributed by atoms with Crippen LogP contribution in [0.4, 0.5) is 11.4 Å². The molecule has 4 rings (SSSR count). The van der Waals surface area contributed by atoms with Crippen molar-refractivity contribution in [1.82, 2.24) is 0 Å². The highest BCUT2D eigenvalue weighted by Gasteiger charge is 2.36. The summed E-state index contributed by atoms with van der Waals surface area (Å²) >= 11 is 0. The van der Waals surface area contributed by atoms with Gasteiger partial charge in [-0.05, 0) is 51.5 Å². The lowest BCUT2D eigenvalue weighted by Crippen LogP contribution is -2.35. The monoisotopic (exact) mass is 364 g/mol. The Morgan fingerprint density at radius 3 is 1.93 bits per heavy atom. The van der Waals surface area contributed by atoms with E-state index in [-0.39, 0.29) is 18.0 Å². The summed E-state index contributed by atoms with van der Waals surface area (Å²) in [5, 5.41) is 0. The van der Waals surface area contributed by atoms with E-state index < -0.39 is 11.7 Å². The second kappa shape index (κ2) is 7.35. The van der Waals surface area contributed by atoms with Gasteiger partial charge in [0.2, 0.25) is 5.91 Å². The van der Waals surface area contributed by atoms with Gasteiger partial charge in [-0.3, -0.25) is 14.4 Å². The molecular formula is C22H24N2O3. The van der Waals surface area contributed by atoms with Crippen molar-refractivity contribution >= 4 is 29.0 Å². The maximum Gasteiger partial charge on any atom is 0.299 e. The van der Waals surface area contributed by atoms with Gasteiger partial charge in [-0.2, -0.15) is 0 Å². The van der Waals surface area contributed by atoms with Crippen LogP contribution in [-0.4, -0.2) is 29.7 Å². The zero-order valence-corrected chi connectivity index (χ0v) is 16.1. The molecular weight excluding hydrogens is 340 g/mol. The van der Waals surface area contributed by atoms with Gasteiger partial charge in [-0.15, -0.1) is 0 Å². The van der Waals surface area contributed by atoms with E-state index in [4.69, 9.17) is 0 Å². The number of ketones is 1. The molecule has 0 aromatic heterocycles. The first-order valence-corrected chi connectivity index (χ1v) is 9.19. The third kappa shape index (κ3) is 3.37. The van der Waals surface area contributed by atoms with Crippen LogP contribution in [0.25, 0.3) is 0 Å². The highest BCUT2D eigenvalue weighted by molar-refractivity contribution is 6.52. The van der Waals surface area contributed by atoms with Crippen molar-refractivity contribution in [3.05, 3.63) is 59.7 Å². The van der Waals surface area contributed by atoms with Crippen LogP contribution in [0, 0.1) is 0 Å². The molecule has 0 saturated carbocycles. The summed E-state index contributed by atoms with van der Waals surface area (Å²) in [6.07, 6.45) is 0.564. The third-order valence-electron chi connectivity index (χ3n) is 4.72. The van der Waals surface area contributed by atoms with E-state index in [1.54, 1.807) is 18.2 Å². The molecule has 5 heteroatoms. The van der Waals surface area contributed by atoms with Crippen molar-refractivity contribution in [3.63, 3.8) is 0 Å². The number of fused-ring (bicyclic) bond motifs is 2. The van der Waals surface area contributed by atoms with E-state index in [0.29, 0.717) is 12.0 Å². The van der Waals surface area contributed by atoms with Crippen molar-refractivity contribution < 1.29 is 14.4 Å². The maximum atomic E-state index is 11.6. The fourth-order valence-electron chi connectivity index (χ4n) is 3.57. The summed E-state index contributed by atoms with van der Waals surface area (Å²) < 4.78 is 0. The molecule has 2 aliphatic heterocycles. The van der Waals surface area contributed by atoms with Crippen molar-refractivity contribution in [1.29, 1.82) is 0 Å². The van der Waals surface area contributed by atoms with E-state index in [9.17, 15) is 14.4 Å². The number of carbonyl (C=O) groups is 3. The lowest BCUT2D eigenvalue weighted by molar-refractivity contribution is -0.117. The lowest BCUT2D eigenvalue weighted by atomic mass is 10.1. The van der Waals surface area contributed by atoms with Gasteiger partial charge in [0.25, 0.3) is 11.7 Å². The second-order valence-corrected chi connectivity index (χ2v) is 7.28. The molecule has 2 aromatic rings. The van der Waals surface area contributed by atoms with Crippen LogP contribution in [-0.2, 0) is 16.0 Å². The molecule has 0 atom stereocenters. The Kier molecular flexibility index (Phi) is 5.13. The number of anilines is 2. The zero-order chi connectivity index (χ0) is 19.7. The minimum atomic E-state index is -0.416. The van der Waals surface area contributed by atoms with Crippen LogP contribution in [0.1, 0.15) is 43.6 Å². The molecule has 2 heterocycles. The first-order valence-electron chi connectivity index (χ1n) is 9.19. The molecule has 140 valence electrons. The smallest absolute Gasteiger partial charge is 0.299 e. The van der Waals surface area contributed by atoms with Crippen LogP contribution in [0.15, 0.2) is 48.5 Å². The van der Waals surface area contributed by atoms with Gasteiger partial charge < -0.3 is 9.80 Å². The summed E-state index contributed by atoms with van der Waals surface area (Å²) in [4.78, 5) is 38.1. The van der Waals surface area contributed by atoms with Crippen LogP contribution < -0.4 is 9.80 Å². The number of hydrogen-bond donors (Lipinski definition) is 0. The van der Waals surface area contributed by atoms with Gasteiger partial charge in [0.15, 0.2) is 0 Å². The number of para-hydroxylation sites is 2. The van der Waals surface area contributed by atoms with Gasteiger partial charge in [0, 0.05) is 17.8 Å². The molecule has 2 aromatic carbocycles. The molecule has 0 saturated heterocycles. The molecule has 0 bridgehead atoms. The predicted molar refractivity (Wildman–Crippen MR) is 106 cm³/mol. The van der Waals surface area contributed by atoms with Crippen LogP contribution in [0.2, 0.25) is 0 Å². The zero-order valence-electron chi connectivity index (χ0n) is 16.1. The Hall–Kier alpha value is -2.95. The normalized spacial score (nSPS) is 15.3. The second-order valence-electron chi connectivity index (χ2n) is 7.28. The number of amides is 2. The minimum Gasteiger partial charge on any atom is -0.309 e. The van der Waals surface area contributed by atoms with Crippen molar-refractivity contribution in [2.45, 2.75) is 46.2 Å². The Balaban J connectivity index is 0.000000156. The number of benzene rings is 2. The molecule has 27 heavy (non-hydrogen) atoms. The molecule has 0 aliphatic carbocycles. The predicted octanol–water partition coefficient (Wildman–Crippen LogP) is 3.61.